The lowest BCUT2D eigenvalue weighted by Crippen LogP contribution is -2.21. The number of aliphatic hydroxyl groups is 1. The maximum absolute atomic E-state index is 9.70. The molecule has 0 bridgehead atoms. The van der Waals surface area contributed by atoms with E-state index in [1.807, 2.05) is 19.4 Å². The van der Waals surface area contributed by atoms with Gasteiger partial charge in [-0.05, 0) is 17.7 Å². The van der Waals surface area contributed by atoms with Crippen LogP contribution in [0.4, 0.5) is 0 Å². The van der Waals surface area contributed by atoms with Crippen LogP contribution in [-0.2, 0) is 13.6 Å². The minimum absolute atomic E-state index is 0.150. The Morgan fingerprint density at radius 1 is 1.38 bits per heavy atom. The molecule has 0 spiro atoms. The number of hydrogen-bond acceptors (Lipinski definition) is 7. The predicted octanol–water partition coefficient (Wildman–Crippen LogP) is 1.27. The lowest BCUT2D eigenvalue weighted by atomic mass is 9.92. The number of aromatic nitrogens is 4. The molecule has 0 aliphatic carbocycles. The number of aryl methyl sites for hydroxylation is 1. The quantitative estimate of drug-likeness (QED) is 0.753. The van der Waals surface area contributed by atoms with E-state index >= 15 is 0 Å². The molecule has 0 unspecified atom stereocenters. The molecule has 1 aliphatic rings. The monoisotopic (exact) mass is 329 g/mol. The smallest absolute Gasteiger partial charge is 0.241 e. The highest BCUT2D eigenvalue weighted by molar-refractivity contribution is 5.44. The second-order valence-electron chi connectivity index (χ2n) is 6.18. The van der Waals surface area contributed by atoms with E-state index in [1.54, 1.807) is 23.1 Å². The molecule has 8 heteroatoms. The molecular weight excluding hydrogens is 310 g/mol. The van der Waals surface area contributed by atoms with E-state index < -0.39 is 0 Å². The Kier molecular flexibility index (Phi) is 3.91. The van der Waals surface area contributed by atoms with Gasteiger partial charge in [-0.3, -0.25) is 9.58 Å². The maximum Gasteiger partial charge on any atom is 0.241 e. The van der Waals surface area contributed by atoms with Crippen molar-refractivity contribution in [2.75, 3.05) is 19.7 Å². The summed E-state index contributed by atoms with van der Waals surface area (Å²) < 4.78 is 12.4. The fourth-order valence-corrected chi connectivity index (χ4v) is 3.30. The van der Waals surface area contributed by atoms with Gasteiger partial charge < -0.3 is 14.0 Å². The predicted molar refractivity (Wildman–Crippen MR) is 83.8 cm³/mol. The Balaban J connectivity index is 1.46. The van der Waals surface area contributed by atoms with Crippen LogP contribution in [0.5, 0.6) is 0 Å². The second-order valence-corrected chi connectivity index (χ2v) is 6.18. The van der Waals surface area contributed by atoms with Gasteiger partial charge in [-0.2, -0.15) is 10.1 Å². The molecule has 24 heavy (non-hydrogen) atoms. The van der Waals surface area contributed by atoms with E-state index in [1.165, 1.54) is 0 Å². The molecule has 4 rings (SSSR count). The van der Waals surface area contributed by atoms with Crippen LogP contribution in [0.15, 0.2) is 39.7 Å². The number of furan rings is 1. The van der Waals surface area contributed by atoms with Crippen LogP contribution in [-0.4, -0.2) is 49.6 Å². The highest BCUT2D eigenvalue weighted by Gasteiger charge is 2.34. The van der Waals surface area contributed by atoms with Crippen LogP contribution in [0.2, 0.25) is 0 Å². The highest BCUT2D eigenvalue weighted by atomic mass is 16.5. The summed E-state index contributed by atoms with van der Waals surface area (Å²) in [6.07, 6.45) is 5.47. The van der Waals surface area contributed by atoms with Crippen LogP contribution in [0, 0.1) is 5.92 Å². The Morgan fingerprint density at radius 3 is 3.00 bits per heavy atom. The van der Waals surface area contributed by atoms with Gasteiger partial charge in [0.2, 0.25) is 11.7 Å². The summed E-state index contributed by atoms with van der Waals surface area (Å²) >= 11 is 0. The van der Waals surface area contributed by atoms with Crippen LogP contribution in [0.3, 0.4) is 0 Å². The second kappa shape index (κ2) is 6.21. The minimum atomic E-state index is 0.150. The van der Waals surface area contributed by atoms with Gasteiger partial charge >= 0.3 is 0 Å². The summed E-state index contributed by atoms with van der Waals surface area (Å²) in [5, 5.41) is 17.9. The van der Waals surface area contributed by atoms with Crippen molar-refractivity contribution in [1.82, 2.24) is 24.8 Å². The lowest BCUT2D eigenvalue weighted by molar-refractivity contribution is 0.207. The summed E-state index contributed by atoms with van der Waals surface area (Å²) in [4.78, 5) is 6.60. The summed E-state index contributed by atoms with van der Waals surface area (Å²) in [5.74, 6) is 2.03. The highest BCUT2D eigenvalue weighted by Crippen LogP contribution is 2.33. The number of hydrogen-bond donors (Lipinski definition) is 1. The molecule has 1 saturated heterocycles. The number of aliphatic hydroxyl groups excluding tert-OH is 1. The first-order valence-electron chi connectivity index (χ1n) is 7.91. The zero-order valence-electron chi connectivity index (χ0n) is 13.4. The molecule has 126 valence electrons. The third-order valence-electron chi connectivity index (χ3n) is 4.47. The first-order chi connectivity index (χ1) is 11.7. The SMILES string of the molecule is Cn1cc([C@@H]2CN(Cc3nc(-c4ccco4)no3)C[C@H]2CO)cn1. The number of nitrogens with zero attached hydrogens (tertiary/aromatic N) is 5. The largest absolute Gasteiger partial charge is 0.461 e. The third-order valence-corrected chi connectivity index (χ3v) is 4.47. The molecule has 0 amide bonds. The molecule has 4 heterocycles. The van der Waals surface area contributed by atoms with Gasteiger partial charge in [-0.15, -0.1) is 0 Å². The van der Waals surface area contributed by atoms with Gasteiger partial charge in [0.25, 0.3) is 0 Å². The normalized spacial score (nSPS) is 21.6. The van der Waals surface area contributed by atoms with Crippen molar-refractivity contribution in [2.24, 2.45) is 13.0 Å². The van der Waals surface area contributed by atoms with E-state index in [0.717, 1.165) is 18.7 Å². The summed E-state index contributed by atoms with van der Waals surface area (Å²) in [6.45, 7) is 2.32. The van der Waals surface area contributed by atoms with Gasteiger partial charge in [0.1, 0.15) is 0 Å². The molecule has 3 aromatic rings. The Bertz CT molecular complexity index is 794. The van der Waals surface area contributed by atoms with Crippen LogP contribution in [0.1, 0.15) is 17.4 Å². The van der Waals surface area contributed by atoms with Crippen molar-refractivity contribution < 1.29 is 14.0 Å². The van der Waals surface area contributed by atoms with Crippen molar-refractivity contribution >= 4 is 0 Å². The zero-order chi connectivity index (χ0) is 16.5. The molecule has 1 fully saturated rings. The molecular formula is C16H19N5O3. The van der Waals surface area contributed by atoms with E-state index in [2.05, 4.69) is 20.1 Å². The van der Waals surface area contributed by atoms with Crippen LogP contribution < -0.4 is 0 Å². The van der Waals surface area contributed by atoms with Gasteiger partial charge in [-0.25, -0.2) is 0 Å². The number of rotatable bonds is 5. The van der Waals surface area contributed by atoms with Gasteiger partial charge in [0, 0.05) is 44.8 Å². The third kappa shape index (κ3) is 2.85. The fourth-order valence-electron chi connectivity index (χ4n) is 3.30. The summed E-state index contributed by atoms with van der Waals surface area (Å²) in [6, 6.07) is 3.58. The van der Waals surface area contributed by atoms with Gasteiger partial charge in [0.15, 0.2) is 5.76 Å². The van der Waals surface area contributed by atoms with E-state index in [-0.39, 0.29) is 18.4 Å². The Hall–Kier alpha value is -2.45. The molecule has 8 nitrogen and oxygen atoms in total. The first-order valence-corrected chi connectivity index (χ1v) is 7.91. The summed E-state index contributed by atoms with van der Waals surface area (Å²) in [5.41, 5.74) is 1.15. The maximum atomic E-state index is 9.70. The molecule has 0 aromatic carbocycles. The average molecular weight is 329 g/mol. The Morgan fingerprint density at radius 2 is 2.29 bits per heavy atom. The summed E-state index contributed by atoms with van der Waals surface area (Å²) in [7, 11) is 1.90. The molecule has 0 saturated carbocycles. The Labute approximate surface area is 138 Å². The minimum Gasteiger partial charge on any atom is -0.461 e. The van der Waals surface area contributed by atoms with Gasteiger partial charge in [0.05, 0.1) is 19.0 Å². The molecule has 2 atom stereocenters. The van der Waals surface area contributed by atoms with Crippen LogP contribution >= 0.6 is 0 Å². The lowest BCUT2D eigenvalue weighted by Gasteiger charge is -2.13. The van der Waals surface area contributed by atoms with Crippen molar-refractivity contribution in [3.63, 3.8) is 0 Å². The molecule has 0 radical (unpaired) electrons. The van der Waals surface area contributed by atoms with E-state index in [9.17, 15) is 5.11 Å². The van der Waals surface area contributed by atoms with Crippen molar-refractivity contribution in [1.29, 1.82) is 0 Å². The zero-order valence-corrected chi connectivity index (χ0v) is 13.4. The molecule has 3 aromatic heterocycles. The molecule has 1 aliphatic heterocycles. The van der Waals surface area contributed by atoms with Crippen molar-refractivity contribution in [3.05, 3.63) is 42.2 Å². The van der Waals surface area contributed by atoms with Crippen molar-refractivity contribution in [3.8, 4) is 11.6 Å². The number of likely N-dealkylation sites (tertiary alicyclic amines) is 1. The van der Waals surface area contributed by atoms with Gasteiger partial charge in [-0.1, -0.05) is 5.16 Å². The standard InChI is InChI=1S/C16H19N5O3/c1-20-6-11(5-17-20)13-8-21(7-12(13)10-22)9-15-18-16(19-24-15)14-3-2-4-23-14/h2-6,12-13,22H,7-10H2,1H3/t12-,13-/m0/s1. The topological polar surface area (TPSA) is 93.4 Å². The van der Waals surface area contributed by atoms with E-state index in [4.69, 9.17) is 8.94 Å². The average Bonchev–Trinajstić information content (AvgIpc) is 3.34. The fraction of sp³-hybridized carbons (Fsp3) is 0.438. The first kappa shape index (κ1) is 15.1. The van der Waals surface area contributed by atoms with Crippen molar-refractivity contribution in [2.45, 2.75) is 12.5 Å². The van der Waals surface area contributed by atoms with E-state index in [0.29, 0.717) is 24.0 Å². The van der Waals surface area contributed by atoms with Crippen LogP contribution in [0.25, 0.3) is 11.6 Å². The molecule has 1 N–H and O–H groups in total.